The maximum Gasteiger partial charge on any atom is 0.0878 e. The molecule has 3 rings (SSSR count). The van der Waals surface area contributed by atoms with Crippen LogP contribution >= 0.6 is 0 Å². The summed E-state index contributed by atoms with van der Waals surface area (Å²) in [5.41, 5.74) is 4.15. The van der Waals surface area contributed by atoms with Gasteiger partial charge in [-0.25, -0.2) is 4.98 Å². The molecule has 2 heteroatoms. The van der Waals surface area contributed by atoms with Gasteiger partial charge in [0.15, 0.2) is 0 Å². The van der Waals surface area contributed by atoms with Crippen molar-refractivity contribution in [2.45, 2.75) is 0 Å². The second-order valence-corrected chi connectivity index (χ2v) is 3.45. The molecule has 0 aliphatic carbocycles. The third-order valence-electron chi connectivity index (χ3n) is 2.59. The number of hydrogen-bond acceptors (Lipinski definition) is 1. The first-order chi connectivity index (χ1) is 7.40. The molecule has 15 heavy (non-hydrogen) atoms. The number of nitrogens with zero attached hydrogens (tertiary/aromatic N) is 2. The van der Waals surface area contributed by atoms with Crippen LogP contribution in [0.5, 0.6) is 0 Å². The SMILES string of the molecule is C=Cc1nc2ccccc2n2cccc12. The Morgan fingerprint density at radius 1 is 1.07 bits per heavy atom. The molecule has 0 amide bonds. The van der Waals surface area contributed by atoms with E-state index in [0.717, 1.165) is 22.2 Å². The molecule has 0 unspecified atom stereocenters. The molecular formula is C13H10N2. The van der Waals surface area contributed by atoms with Crippen molar-refractivity contribution >= 4 is 22.6 Å². The van der Waals surface area contributed by atoms with Crippen LogP contribution in [0.25, 0.3) is 22.6 Å². The van der Waals surface area contributed by atoms with Crippen molar-refractivity contribution in [3.05, 3.63) is 54.9 Å². The molecule has 0 saturated heterocycles. The van der Waals surface area contributed by atoms with E-state index >= 15 is 0 Å². The normalized spacial score (nSPS) is 10.9. The lowest BCUT2D eigenvalue weighted by atomic mass is 10.2. The minimum absolute atomic E-state index is 0.929. The van der Waals surface area contributed by atoms with Crippen molar-refractivity contribution in [2.24, 2.45) is 0 Å². The van der Waals surface area contributed by atoms with Crippen molar-refractivity contribution in [1.29, 1.82) is 0 Å². The fraction of sp³-hybridized carbons (Fsp3) is 0. The van der Waals surface area contributed by atoms with Crippen LogP contribution in [0.2, 0.25) is 0 Å². The lowest BCUT2D eigenvalue weighted by molar-refractivity contribution is 1.22. The number of hydrogen-bond donors (Lipinski definition) is 0. The highest BCUT2D eigenvalue weighted by Gasteiger charge is 2.03. The lowest BCUT2D eigenvalue weighted by Gasteiger charge is -2.04. The number of rotatable bonds is 1. The van der Waals surface area contributed by atoms with Crippen LogP contribution < -0.4 is 0 Å². The summed E-state index contributed by atoms with van der Waals surface area (Å²) < 4.78 is 2.14. The van der Waals surface area contributed by atoms with Crippen LogP contribution in [0.1, 0.15) is 5.69 Å². The zero-order valence-electron chi connectivity index (χ0n) is 8.22. The Balaban J connectivity index is 2.62. The number of para-hydroxylation sites is 2. The minimum Gasteiger partial charge on any atom is -0.313 e. The van der Waals surface area contributed by atoms with Gasteiger partial charge in [0.05, 0.1) is 22.2 Å². The van der Waals surface area contributed by atoms with Crippen molar-refractivity contribution in [3.63, 3.8) is 0 Å². The van der Waals surface area contributed by atoms with Crippen molar-refractivity contribution in [1.82, 2.24) is 9.38 Å². The van der Waals surface area contributed by atoms with E-state index < -0.39 is 0 Å². The van der Waals surface area contributed by atoms with Crippen LogP contribution in [-0.2, 0) is 0 Å². The highest BCUT2D eigenvalue weighted by atomic mass is 14.9. The third kappa shape index (κ3) is 1.08. The van der Waals surface area contributed by atoms with E-state index in [4.69, 9.17) is 0 Å². The van der Waals surface area contributed by atoms with E-state index in [9.17, 15) is 0 Å². The average Bonchev–Trinajstić information content (AvgIpc) is 2.77. The Morgan fingerprint density at radius 3 is 2.73 bits per heavy atom. The van der Waals surface area contributed by atoms with Gasteiger partial charge in [0.2, 0.25) is 0 Å². The van der Waals surface area contributed by atoms with Crippen LogP contribution in [0.3, 0.4) is 0 Å². The van der Waals surface area contributed by atoms with Gasteiger partial charge in [-0.3, -0.25) is 0 Å². The molecule has 0 radical (unpaired) electrons. The van der Waals surface area contributed by atoms with Gasteiger partial charge in [0.1, 0.15) is 0 Å². The zero-order chi connectivity index (χ0) is 10.3. The van der Waals surface area contributed by atoms with Crippen LogP contribution in [0, 0.1) is 0 Å². The van der Waals surface area contributed by atoms with Crippen LogP contribution in [0.15, 0.2) is 49.2 Å². The summed E-state index contributed by atoms with van der Waals surface area (Å²) in [4.78, 5) is 4.56. The predicted octanol–water partition coefficient (Wildman–Crippen LogP) is 3.13. The van der Waals surface area contributed by atoms with E-state index in [2.05, 4.69) is 28.1 Å². The third-order valence-corrected chi connectivity index (χ3v) is 2.59. The number of aromatic nitrogens is 2. The first kappa shape index (κ1) is 8.24. The molecule has 0 N–H and O–H groups in total. The molecule has 0 saturated carbocycles. The van der Waals surface area contributed by atoms with E-state index in [-0.39, 0.29) is 0 Å². The van der Waals surface area contributed by atoms with Crippen LogP contribution in [-0.4, -0.2) is 9.38 Å². The Labute approximate surface area is 87.5 Å². The average molecular weight is 194 g/mol. The minimum atomic E-state index is 0.929. The molecule has 1 aromatic carbocycles. The van der Waals surface area contributed by atoms with Gasteiger partial charge in [-0.1, -0.05) is 18.7 Å². The first-order valence-corrected chi connectivity index (χ1v) is 4.88. The van der Waals surface area contributed by atoms with E-state index in [1.807, 2.05) is 30.5 Å². The fourth-order valence-corrected chi connectivity index (χ4v) is 1.90. The molecule has 0 bridgehead atoms. The molecule has 0 atom stereocenters. The van der Waals surface area contributed by atoms with Gasteiger partial charge < -0.3 is 4.40 Å². The van der Waals surface area contributed by atoms with Gasteiger partial charge in [-0.2, -0.15) is 0 Å². The fourth-order valence-electron chi connectivity index (χ4n) is 1.90. The molecule has 0 aliphatic heterocycles. The van der Waals surface area contributed by atoms with Crippen LogP contribution in [0.4, 0.5) is 0 Å². The molecule has 2 nitrogen and oxygen atoms in total. The molecule has 72 valence electrons. The van der Waals surface area contributed by atoms with Crippen molar-refractivity contribution < 1.29 is 0 Å². The maximum atomic E-state index is 4.56. The summed E-state index contributed by atoms with van der Waals surface area (Å²) in [6.45, 7) is 3.79. The summed E-state index contributed by atoms with van der Waals surface area (Å²) in [6.07, 6.45) is 3.84. The summed E-state index contributed by atoms with van der Waals surface area (Å²) in [6, 6.07) is 12.2. The second kappa shape index (κ2) is 2.95. The Morgan fingerprint density at radius 2 is 1.87 bits per heavy atom. The maximum absolute atomic E-state index is 4.56. The molecule has 3 aromatic rings. The Kier molecular flexibility index (Phi) is 1.62. The summed E-state index contributed by atoms with van der Waals surface area (Å²) in [5.74, 6) is 0. The Hall–Kier alpha value is -2.09. The van der Waals surface area contributed by atoms with Gasteiger partial charge in [-0.05, 0) is 30.3 Å². The zero-order valence-corrected chi connectivity index (χ0v) is 8.22. The summed E-state index contributed by atoms with van der Waals surface area (Å²) in [5, 5.41) is 0. The Bertz CT molecular complexity index is 650. The van der Waals surface area contributed by atoms with E-state index in [0.29, 0.717) is 0 Å². The number of fused-ring (bicyclic) bond motifs is 3. The quantitative estimate of drug-likeness (QED) is 0.581. The molecule has 2 heterocycles. The topological polar surface area (TPSA) is 17.3 Å². The summed E-state index contributed by atoms with van der Waals surface area (Å²) in [7, 11) is 0. The van der Waals surface area contributed by atoms with Gasteiger partial charge in [-0.15, -0.1) is 0 Å². The molecule has 0 spiro atoms. The number of benzene rings is 1. The largest absolute Gasteiger partial charge is 0.313 e. The van der Waals surface area contributed by atoms with E-state index in [1.165, 1.54) is 0 Å². The van der Waals surface area contributed by atoms with Crippen molar-refractivity contribution in [3.8, 4) is 0 Å². The first-order valence-electron chi connectivity index (χ1n) is 4.88. The van der Waals surface area contributed by atoms with Gasteiger partial charge in [0, 0.05) is 6.20 Å². The highest BCUT2D eigenvalue weighted by molar-refractivity contribution is 5.82. The van der Waals surface area contributed by atoms with Gasteiger partial charge in [0.25, 0.3) is 0 Å². The predicted molar refractivity (Wildman–Crippen MR) is 62.8 cm³/mol. The highest BCUT2D eigenvalue weighted by Crippen LogP contribution is 2.18. The monoisotopic (exact) mass is 194 g/mol. The van der Waals surface area contributed by atoms with Gasteiger partial charge >= 0.3 is 0 Å². The molecule has 0 aliphatic rings. The lowest BCUT2D eigenvalue weighted by Crippen LogP contribution is -1.92. The standard InChI is InChI=1S/C13H10N2/c1-2-10-12-8-5-9-15(12)13-7-4-3-6-11(13)14-10/h2-9H,1H2. The molecule has 0 fully saturated rings. The molecule has 2 aromatic heterocycles. The summed E-state index contributed by atoms with van der Waals surface area (Å²) >= 11 is 0. The molecular weight excluding hydrogens is 184 g/mol. The van der Waals surface area contributed by atoms with E-state index in [1.54, 1.807) is 6.08 Å². The smallest absolute Gasteiger partial charge is 0.0878 e. The van der Waals surface area contributed by atoms with Crippen molar-refractivity contribution in [2.75, 3.05) is 0 Å². The second-order valence-electron chi connectivity index (χ2n) is 3.45.